The van der Waals surface area contributed by atoms with Crippen molar-refractivity contribution in [2.45, 2.75) is 29.5 Å². The normalized spacial score (nSPS) is 17.5. The standard InChI is InChI=1S/C25H20ClN7O2S2/c26-16-6-1-2-7-17(16)30-20(35)13-36-25-32-31-24(37-25)33-18-8-3-9-19(34)22(18)21(15(11-27)23(33)28)14-5-4-10-29-12-14/h1-2,4-7,10,12,21H,3,8-9,13,28H2,(H,30,35). The van der Waals surface area contributed by atoms with Gasteiger partial charge >= 0.3 is 0 Å². The number of pyridine rings is 1. The molecular weight excluding hydrogens is 530 g/mol. The molecule has 186 valence electrons. The van der Waals surface area contributed by atoms with Crippen LogP contribution in [0.5, 0.6) is 0 Å². The van der Waals surface area contributed by atoms with Crippen LogP contribution in [0.4, 0.5) is 10.8 Å². The van der Waals surface area contributed by atoms with E-state index in [2.05, 4.69) is 26.6 Å². The maximum absolute atomic E-state index is 13.1. The van der Waals surface area contributed by atoms with Crippen molar-refractivity contribution in [3.8, 4) is 6.07 Å². The van der Waals surface area contributed by atoms with E-state index < -0.39 is 5.92 Å². The van der Waals surface area contributed by atoms with E-state index in [9.17, 15) is 14.9 Å². The second-order valence-corrected chi connectivity index (χ2v) is 10.9. The van der Waals surface area contributed by atoms with E-state index in [0.717, 1.165) is 11.3 Å². The van der Waals surface area contributed by atoms with E-state index in [0.29, 0.717) is 45.0 Å². The van der Waals surface area contributed by atoms with Crippen LogP contribution in [0.2, 0.25) is 5.02 Å². The highest BCUT2D eigenvalue weighted by atomic mass is 35.5. The molecule has 2 aromatic heterocycles. The number of amides is 1. The fraction of sp³-hybridized carbons (Fsp3) is 0.200. The molecule has 5 rings (SSSR count). The summed E-state index contributed by atoms with van der Waals surface area (Å²) in [7, 11) is 0. The number of nitrogens with two attached hydrogens (primary N) is 1. The topological polar surface area (TPSA) is 138 Å². The molecule has 9 nitrogen and oxygen atoms in total. The van der Waals surface area contributed by atoms with Crippen LogP contribution >= 0.6 is 34.7 Å². The summed E-state index contributed by atoms with van der Waals surface area (Å²) >= 11 is 8.57. The van der Waals surface area contributed by atoms with Gasteiger partial charge in [-0.15, -0.1) is 10.2 Å². The Bertz CT molecular complexity index is 1480. The van der Waals surface area contributed by atoms with E-state index in [1.165, 1.54) is 23.1 Å². The van der Waals surface area contributed by atoms with Crippen LogP contribution in [0.15, 0.2) is 75.8 Å². The minimum absolute atomic E-state index is 0.0179. The van der Waals surface area contributed by atoms with Crippen molar-refractivity contribution in [3.05, 3.63) is 82.0 Å². The van der Waals surface area contributed by atoms with Crippen LogP contribution in [0.25, 0.3) is 0 Å². The van der Waals surface area contributed by atoms with E-state index in [1.807, 2.05) is 6.07 Å². The number of halogens is 1. The molecule has 3 aromatic rings. The predicted molar refractivity (Wildman–Crippen MR) is 143 cm³/mol. The van der Waals surface area contributed by atoms with Crippen molar-refractivity contribution in [2.24, 2.45) is 5.73 Å². The number of aromatic nitrogens is 3. The molecule has 0 fully saturated rings. The number of carbonyl (C=O) groups excluding carboxylic acids is 2. The lowest BCUT2D eigenvalue weighted by Gasteiger charge is -2.37. The third kappa shape index (κ3) is 4.96. The highest BCUT2D eigenvalue weighted by Crippen LogP contribution is 2.46. The molecule has 1 aromatic carbocycles. The highest BCUT2D eigenvalue weighted by molar-refractivity contribution is 8.01. The first kappa shape index (κ1) is 25.0. The Labute approximate surface area is 226 Å². The monoisotopic (exact) mass is 549 g/mol. The SMILES string of the molecule is N#CC1=C(N)N(c2nnc(SCC(=O)Nc3ccccc3Cl)s2)C2=C(C(=O)CCC2)C1c1cccnc1. The molecule has 12 heteroatoms. The molecule has 1 atom stereocenters. The average Bonchev–Trinajstić information content (AvgIpc) is 3.37. The second-order valence-electron chi connectivity index (χ2n) is 8.27. The summed E-state index contributed by atoms with van der Waals surface area (Å²) in [6, 6.07) is 12.8. The first-order valence-electron chi connectivity index (χ1n) is 11.3. The maximum atomic E-state index is 13.1. The van der Waals surface area contributed by atoms with Gasteiger partial charge in [0, 0.05) is 30.1 Å². The van der Waals surface area contributed by atoms with Crippen LogP contribution in [0, 0.1) is 11.3 Å². The number of rotatable bonds is 6. The molecule has 37 heavy (non-hydrogen) atoms. The average molecular weight is 550 g/mol. The zero-order valence-electron chi connectivity index (χ0n) is 19.3. The van der Waals surface area contributed by atoms with Gasteiger partial charge in [-0.2, -0.15) is 5.26 Å². The number of anilines is 2. The second kappa shape index (κ2) is 10.7. The van der Waals surface area contributed by atoms with Crippen molar-refractivity contribution >= 4 is 57.2 Å². The number of nitrogens with one attached hydrogen (secondary N) is 1. The molecule has 1 unspecified atom stereocenters. The van der Waals surface area contributed by atoms with E-state index in [4.69, 9.17) is 17.3 Å². The molecule has 0 bridgehead atoms. The zero-order chi connectivity index (χ0) is 25.9. The lowest BCUT2D eigenvalue weighted by molar-refractivity contribution is -0.116. The number of nitrogens with zero attached hydrogens (tertiary/aromatic N) is 5. The fourth-order valence-electron chi connectivity index (χ4n) is 4.41. The van der Waals surface area contributed by atoms with Gasteiger partial charge in [-0.05, 0) is 36.6 Å². The number of benzene rings is 1. The zero-order valence-corrected chi connectivity index (χ0v) is 21.7. The van der Waals surface area contributed by atoms with Crippen LogP contribution in [0.3, 0.4) is 0 Å². The third-order valence-electron chi connectivity index (χ3n) is 5.99. The lowest BCUT2D eigenvalue weighted by atomic mass is 9.76. The Kier molecular flexibility index (Phi) is 7.23. The van der Waals surface area contributed by atoms with Gasteiger partial charge in [0.05, 0.1) is 34.0 Å². The molecule has 3 N–H and O–H groups in total. The molecule has 0 radical (unpaired) electrons. The smallest absolute Gasteiger partial charge is 0.234 e. The first-order chi connectivity index (χ1) is 18.0. The lowest BCUT2D eigenvalue weighted by Crippen LogP contribution is -2.38. The minimum Gasteiger partial charge on any atom is -0.384 e. The van der Waals surface area contributed by atoms with Crippen LogP contribution in [0.1, 0.15) is 30.7 Å². The van der Waals surface area contributed by atoms with E-state index in [1.54, 1.807) is 47.6 Å². The number of ketones is 1. The molecule has 3 heterocycles. The van der Waals surface area contributed by atoms with Crippen molar-refractivity contribution < 1.29 is 9.59 Å². The Balaban J connectivity index is 1.42. The minimum atomic E-state index is -0.576. The Morgan fingerprint density at radius 2 is 2.11 bits per heavy atom. The summed E-state index contributed by atoms with van der Waals surface area (Å²) in [5, 5.41) is 22.2. The van der Waals surface area contributed by atoms with Crippen molar-refractivity contribution in [2.75, 3.05) is 16.0 Å². The third-order valence-corrected chi connectivity index (χ3v) is 8.36. The summed E-state index contributed by atoms with van der Waals surface area (Å²) in [6.07, 6.45) is 4.99. The van der Waals surface area contributed by atoms with E-state index in [-0.39, 0.29) is 28.8 Å². The Morgan fingerprint density at radius 1 is 1.27 bits per heavy atom. The van der Waals surface area contributed by atoms with Gasteiger partial charge in [-0.3, -0.25) is 19.5 Å². The van der Waals surface area contributed by atoms with Crippen LogP contribution in [-0.2, 0) is 9.59 Å². The van der Waals surface area contributed by atoms with Gasteiger partial charge in [0.25, 0.3) is 0 Å². The summed E-state index contributed by atoms with van der Waals surface area (Å²) in [4.78, 5) is 31.4. The summed E-state index contributed by atoms with van der Waals surface area (Å²) in [5.41, 5.74) is 9.37. The molecule has 2 aliphatic rings. The number of Topliss-reactive ketones (excluding diaryl/α,β-unsaturated/α-hetero) is 1. The number of thioether (sulfide) groups is 1. The van der Waals surface area contributed by atoms with Crippen molar-refractivity contribution in [3.63, 3.8) is 0 Å². The number of carbonyl (C=O) groups is 2. The highest BCUT2D eigenvalue weighted by Gasteiger charge is 2.41. The predicted octanol–water partition coefficient (Wildman–Crippen LogP) is 4.62. The van der Waals surface area contributed by atoms with Crippen molar-refractivity contribution in [1.82, 2.24) is 15.2 Å². The van der Waals surface area contributed by atoms with Crippen LogP contribution in [-0.4, -0.2) is 32.6 Å². The number of nitriles is 1. The summed E-state index contributed by atoms with van der Waals surface area (Å²) in [6.45, 7) is 0. The fourth-order valence-corrected chi connectivity index (χ4v) is 6.28. The molecule has 1 aliphatic heterocycles. The Morgan fingerprint density at radius 3 is 2.86 bits per heavy atom. The summed E-state index contributed by atoms with van der Waals surface area (Å²) in [5.74, 6) is -0.511. The molecule has 0 spiro atoms. The molecule has 0 saturated carbocycles. The molecule has 1 amide bonds. The van der Waals surface area contributed by atoms with Crippen LogP contribution < -0.4 is 16.0 Å². The van der Waals surface area contributed by atoms with Gasteiger partial charge in [0.2, 0.25) is 11.0 Å². The van der Waals surface area contributed by atoms with Crippen molar-refractivity contribution in [1.29, 1.82) is 5.26 Å². The molecular formula is C25H20ClN7O2S2. The maximum Gasteiger partial charge on any atom is 0.234 e. The first-order valence-corrected chi connectivity index (χ1v) is 13.5. The molecule has 0 saturated heterocycles. The van der Waals surface area contributed by atoms with Gasteiger partial charge in [-0.25, -0.2) is 0 Å². The van der Waals surface area contributed by atoms with Gasteiger partial charge in [0.15, 0.2) is 10.1 Å². The quantitative estimate of drug-likeness (QED) is 0.421. The van der Waals surface area contributed by atoms with Gasteiger partial charge < -0.3 is 11.1 Å². The van der Waals surface area contributed by atoms with Gasteiger partial charge in [0.1, 0.15) is 5.82 Å². The molecule has 1 aliphatic carbocycles. The number of hydrogen-bond donors (Lipinski definition) is 2. The largest absolute Gasteiger partial charge is 0.384 e. The number of hydrogen-bond acceptors (Lipinski definition) is 10. The van der Waals surface area contributed by atoms with Gasteiger partial charge in [-0.1, -0.05) is 52.9 Å². The van der Waals surface area contributed by atoms with E-state index >= 15 is 0 Å². The Hall–Kier alpha value is -3.72. The number of para-hydroxylation sites is 1. The summed E-state index contributed by atoms with van der Waals surface area (Å²) < 4.78 is 0.550. The number of allylic oxidation sites excluding steroid dienone is 3.